The normalized spacial score (nSPS) is 15.7. The summed E-state index contributed by atoms with van der Waals surface area (Å²) < 4.78 is 32.6. The fourth-order valence-electron chi connectivity index (χ4n) is 2.56. The molecule has 2 N–H and O–H groups in total. The molecule has 6 nitrogen and oxygen atoms in total. The quantitative estimate of drug-likeness (QED) is 0.721. The van der Waals surface area contributed by atoms with E-state index in [9.17, 15) is 13.2 Å². The summed E-state index contributed by atoms with van der Waals surface area (Å²) >= 11 is 12.2. The molecule has 1 saturated carbocycles. The molecule has 26 heavy (non-hydrogen) atoms. The standard InChI is InChI=1S/C17H18Cl2N2O4S/c1-10(11-4-5-11)21-17(22)13-7-16(15(19)8-14(13)18)26(23,24)20-9-12-3-2-6-25-12/h2-3,6-8,10-11,20H,4-5,9H2,1H3,(H,21,22). The van der Waals surface area contributed by atoms with E-state index < -0.39 is 15.9 Å². The zero-order valence-electron chi connectivity index (χ0n) is 14.0. The molecule has 1 aromatic heterocycles. The van der Waals surface area contributed by atoms with E-state index in [1.54, 1.807) is 12.1 Å². The first kappa shape index (κ1) is 19.2. The van der Waals surface area contributed by atoms with Gasteiger partial charge < -0.3 is 9.73 Å². The van der Waals surface area contributed by atoms with E-state index in [-0.39, 0.29) is 33.1 Å². The number of hydrogen-bond donors (Lipinski definition) is 2. The zero-order chi connectivity index (χ0) is 18.9. The van der Waals surface area contributed by atoms with Gasteiger partial charge in [-0.25, -0.2) is 13.1 Å². The van der Waals surface area contributed by atoms with E-state index in [0.29, 0.717) is 11.7 Å². The van der Waals surface area contributed by atoms with Crippen molar-refractivity contribution in [1.82, 2.24) is 10.0 Å². The molecule has 0 saturated heterocycles. The molecule has 0 bridgehead atoms. The number of amides is 1. The summed E-state index contributed by atoms with van der Waals surface area (Å²) in [6.07, 6.45) is 3.60. The molecule has 1 fully saturated rings. The lowest BCUT2D eigenvalue weighted by molar-refractivity contribution is 0.0936. The second-order valence-electron chi connectivity index (χ2n) is 6.27. The van der Waals surface area contributed by atoms with Crippen molar-refractivity contribution < 1.29 is 17.6 Å². The van der Waals surface area contributed by atoms with Gasteiger partial charge in [0.2, 0.25) is 10.0 Å². The van der Waals surface area contributed by atoms with E-state index in [4.69, 9.17) is 27.6 Å². The predicted molar refractivity (Wildman–Crippen MR) is 98.8 cm³/mol. The van der Waals surface area contributed by atoms with Gasteiger partial charge in [-0.1, -0.05) is 23.2 Å². The molecule has 3 rings (SSSR count). The average Bonchev–Trinajstić information content (AvgIpc) is 3.29. The van der Waals surface area contributed by atoms with Crippen LogP contribution in [0, 0.1) is 5.92 Å². The van der Waals surface area contributed by atoms with Crippen LogP contribution in [0.5, 0.6) is 0 Å². The molecular weight excluding hydrogens is 399 g/mol. The first-order valence-corrected chi connectivity index (χ1v) is 10.3. The average molecular weight is 417 g/mol. The van der Waals surface area contributed by atoms with Gasteiger partial charge in [0.05, 0.1) is 28.4 Å². The molecular formula is C17H18Cl2N2O4S. The fraction of sp³-hybridized carbons (Fsp3) is 0.353. The Morgan fingerprint density at radius 2 is 2.04 bits per heavy atom. The second kappa shape index (κ2) is 7.60. The lowest BCUT2D eigenvalue weighted by atomic mass is 10.1. The number of carbonyl (C=O) groups is 1. The molecule has 1 unspecified atom stereocenters. The number of benzene rings is 1. The third-order valence-corrected chi connectivity index (χ3v) is 6.44. The number of sulfonamides is 1. The molecule has 1 amide bonds. The Morgan fingerprint density at radius 3 is 2.65 bits per heavy atom. The van der Waals surface area contributed by atoms with E-state index >= 15 is 0 Å². The van der Waals surface area contributed by atoms with Crippen LogP contribution < -0.4 is 10.0 Å². The van der Waals surface area contributed by atoms with Crippen molar-refractivity contribution in [1.29, 1.82) is 0 Å². The van der Waals surface area contributed by atoms with Crippen molar-refractivity contribution >= 4 is 39.1 Å². The monoisotopic (exact) mass is 416 g/mol. The molecule has 1 aliphatic carbocycles. The van der Waals surface area contributed by atoms with Crippen LogP contribution in [0.15, 0.2) is 39.8 Å². The summed E-state index contributed by atoms with van der Waals surface area (Å²) in [6.45, 7) is 1.89. The Hall–Kier alpha value is -1.54. The SMILES string of the molecule is CC(NC(=O)c1cc(S(=O)(=O)NCc2ccco2)c(Cl)cc1Cl)C1CC1. The highest BCUT2D eigenvalue weighted by molar-refractivity contribution is 7.89. The highest BCUT2D eigenvalue weighted by Crippen LogP contribution is 2.33. The van der Waals surface area contributed by atoms with Crippen molar-refractivity contribution in [2.45, 2.75) is 37.2 Å². The fourth-order valence-corrected chi connectivity index (χ4v) is 4.41. The van der Waals surface area contributed by atoms with Gasteiger partial charge in [-0.05, 0) is 49.9 Å². The number of nitrogens with one attached hydrogen (secondary N) is 2. The van der Waals surface area contributed by atoms with Gasteiger partial charge in [0.15, 0.2) is 0 Å². The third kappa shape index (κ3) is 4.40. The smallest absolute Gasteiger partial charge is 0.253 e. The lowest BCUT2D eigenvalue weighted by Crippen LogP contribution is -2.34. The number of hydrogen-bond acceptors (Lipinski definition) is 4. The number of rotatable bonds is 7. The van der Waals surface area contributed by atoms with E-state index in [0.717, 1.165) is 12.8 Å². The summed E-state index contributed by atoms with van der Waals surface area (Å²) in [5.74, 6) is 0.492. The van der Waals surface area contributed by atoms with Crippen LogP contribution in [0.25, 0.3) is 0 Å². The Kier molecular flexibility index (Phi) is 5.62. The van der Waals surface area contributed by atoms with E-state index in [1.165, 1.54) is 18.4 Å². The Labute approximate surface area is 161 Å². The van der Waals surface area contributed by atoms with Crippen molar-refractivity contribution in [2.75, 3.05) is 0 Å². The van der Waals surface area contributed by atoms with Gasteiger partial charge >= 0.3 is 0 Å². The minimum atomic E-state index is -3.95. The molecule has 0 spiro atoms. The van der Waals surface area contributed by atoms with Crippen LogP contribution >= 0.6 is 23.2 Å². The molecule has 9 heteroatoms. The maximum atomic E-state index is 12.6. The van der Waals surface area contributed by atoms with Crippen molar-refractivity contribution in [3.63, 3.8) is 0 Å². The van der Waals surface area contributed by atoms with Gasteiger partial charge in [0.25, 0.3) is 5.91 Å². The van der Waals surface area contributed by atoms with Crippen LogP contribution in [0.1, 0.15) is 35.9 Å². The largest absolute Gasteiger partial charge is 0.468 e. The molecule has 2 aromatic rings. The molecule has 1 atom stereocenters. The first-order chi connectivity index (χ1) is 12.3. The molecule has 1 aliphatic rings. The number of carbonyl (C=O) groups excluding carboxylic acids is 1. The van der Waals surface area contributed by atoms with Crippen LogP contribution in [0.3, 0.4) is 0 Å². The summed E-state index contributed by atoms with van der Waals surface area (Å²) in [4.78, 5) is 12.3. The topological polar surface area (TPSA) is 88.4 Å². The van der Waals surface area contributed by atoms with E-state index in [2.05, 4.69) is 10.0 Å². The lowest BCUT2D eigenvalue weighted by Gasteiger charge is -2.15. The third-order valence-electron chi connectivity index (χ3n) is 4.26. The zero-order valence-corrected chi connectivity index (χ0v) is 16.3. The predicted octanol–water partition coefficient (Wildman–Crippen LogP) is 3.59. The minimum absolute atomic E-state index is 0.00591. The minimum Gasteiger partial charge on any atom is -0.468 e. The summed E-state index contributed by atoms with van der Waals surface area (Å²) in [5, 5.41) is 2.89. The summed E-state index contributed by atoms with van der Waals surface area (Å²) in [6, 6.07) is 5.77. The first-order valence-electron chi connectivity index (χ1n) is 8.10. The molecule has 0 radical (unpaired) electrons. The van der Waals surface area contributed by atoms with Crippen molar-refractivity contribution in [2.24, 2.45) is 5.92 Å². The van der Waals surface area contributed by atoms with Crippen LogP contribution in [0.4, 0.5) is 0 Å². The summed E-state index contributed by atoms with van der Waals surface area (Å²) in [5.41, 5.74) is 0.0712. The van der Waals surface area contributed by atoms with Crippen molar-refractivity contribution in [3.8, 4) is 0 Å². The summed E-state index contributed by atoms with van der Waals surface area (Å²) in [7, 11) is -3.95. The molecule has 0 aliphatic heterocycles. The molecule has 1 heterocycles. The number of halogens is 2. The van der Waals surface area contributed by atoms with Gasteiger partial charge in [-0.15, -0.1) is 0 Å². The van der Waals surface area contributed by atoms with Crippen molar-refractivity contribution in [3.05, 3.63) is 51.9 Å². The molecule has 140 valence electrons. The maximum absolute atomic E-state index is 12.6. The highest BCUT2D eigenvalue weighted by Gasteiger charge is 2.30. The highest BCUT2D eigenvalue weighted by atomic mass is 35.5. The van der Waals surface area contributed by atoms with Gasteiger partial charge in [0, 0.05) is 6.04 Å². The Balaban J connectivity index is 1.83. The van der Waals surface area contributed by atoms with Crippen LogP contribution in [0.2, 0.25) is 10.0 Å². The van der Waals surface area contributed by atoms with Crippen LogP contribution in [-0.2, 0) is 16.6 Å². The van der Waals surface area contributed by atoms with Crippen LogP contribution in [-0.4, -0.2) is 20.4 Å². The Morgan fingerprint density at radius 1 is 1.31 bits per heavy atom. The van der Waals surface area contributed by atoms with Gasteiger partial charge in [-0.3, -0.25) is 4.79 Å². The second-order valence-corrected chi connectivity index (χ2v) is 8.82. The van der Waals surface area contributed by atoms with E-state index in [1.807, 2.05) is 6.92 Å². The van der Waals surface area contributed by atoms with Gasteiger partial charge in [0.1, 0.15) is 10.7 Å². The number of furan rings is 1. The molecule has 1 aromatic carbocycles. The Bertz CT molecular complexity index is 909. The van der Waals surface area contributed by atoms with Gasteiger partial charge in [-0.2, -0.15) is 0 Å². The maximum Gasteiger partial charge on any atom is 0.253 e.